The van der Waals surface area contributed by atoms with Crippen LogP contribution in [0.5, 0.6) is 0 Å². The first-order valence-electron chi connectivity index (χ1n) is 7.85. The molecule has 0 radical (unpaired) electrons. The Balaban J connectivity index is 1.69. The molecule has 0 unspecified atom stereocenters. The third kappa shape index (κ3) is 4.26. The molecular weight excluding hydrogens is 408 g/mol. The van der Waals surface area contributed by atoms with Gasteiger partial charge < -0.3 is 14.5 Å². The number of amides is 3. The average Bonchev–Trinajstić information content (AvgIpc) is 3.27. The lowest BCUT2D eigenvalue weighted by Crippen LogP contribution is -2.36. The predicted octanol–water partition coefficient (Wildman–Crippen LogP) is 3.39. The van der Waals surface area contributed by atoms with Gasteiger partial charge in [-0.3, -0.25) is 19.3 Å². The van der Waals surface area contributed by atoms with Crippen LogP contribution in [-0.2, 0) is 14.3 Å². The molecule has 1 aliphatic rings. The molecule has 0 aliphatic carbocycles. The number of nitrogens with zero attached hydrogens (tertiary/aromatic N) is 1. The molecular formula is C18H13ClN2O6S. The zero-order chi connectivity index (χ0) is 20.3. The molecule has 8 nitrogen and oxygen atoms in total. The topological polar surface area (TPSA) is 106 Å². The molecule has 0 spiro atoms. The van der Waals surface area contributed by atoms with E-state index < -0.39 is 29.6 Å². The van der Waals surface area contributed by atoms with Crippen LogP contribution >= 0.6 is 23.4 Å². The fraction of sp³-hybridized carbons (Fsp3) is 0.111. The summed E-state index contributed by atoms with van der Waals surface area (Å²) in [6, 6.07) is 7.54. The number of thioether (sulfide) groups is 1. The predicted molar refractivity (Wildman–Crippen MR) is 103 cm³/mol. The van der Waals surface area contributed by atoms with E-state index in [2.05, 4.69) is 10.1 Å². The lowest BCUT2D eigenvalue weighted by molar-refractivity contribution is -0.127. The summed E-state index contributed by atoms with van der Waals surface area (Å²) >= 11 is 6.65. The van der Waals surface area contributed by atoms with Crippen LogP contribution in [0, 0.1) is 0 Å². The number of halogens is 1. The van der Waals surface area contributed by atoms with E-state index in [-0.39, 0.29) is 21.2 Å². The van der Waals surface area contributed by atoms with E-state index in [0.717, 1.165) is 16.7 Å². The van der Waals surface area contributed by atoms with Crippen LogP contribution in [0.15, 0.2) is 45.9 Å². The van der Waals surface area contributed by atoms with E-state index in [0.29, 0.717) is 5.76 Å². The van der Waals surface area contributed by atoms with Crippen LogP contribution in [0.2, 0.25) is 5.02 Å². The first kappa shape index (κ1) is 19.7. The molecule has 2 heterocycles. The van der Waals surface area contributed by atoms with Gasteiger partial charge in [-0.2, -0.15) is 0 Å². The summed E-state index contributed by atoms with van der Waals surface area (Å²) in [6.45, 7) is -0.476. The molecule has 1 aromatic heterocycles. The fourth-order valence-corrected chi connectivity index (χ4v) is 3.37. The normalized spacial score (nSPS) is 15.2. The van der Waals surface area contributed by atoms with Crippen molar-refractivity contribution < 1.29 is 28.3 Å². The molecule has 3 amide bonds. The lowest BCUT2D eigenvalue weighted by Gasteiger charge is -2.13. The summed E-state index contributed by atoms with van der Waals surface area (Å²) in [6.07, 6.45) is 2.88. The van der Waals surface area contributed by atoms with Gasteiger partial charge in [0.2, 0.25) is 5.91 Å². The second-order valence-electron chi connectivity index (χ2n) is 5.52. The minimum Gasteiger partial charge on any atom is -0.465 e. The Labute approximate surface area is 168 Å². The third-order valence-corrected chi connectivity index (χ3v) is 4.88. The highest BCUT2D eigenvalue weighted by Gasteiger charge is 2.36. The number of esters is 1. The number of furan rings is 1. The minimum absolute atomic E-state index is 0.0783. The smallest absolute Gasteiger partial charge is 0.339 e. The molecule has 1 fully saturated rings. The van der Waals surface area contributed by atoms with Gasteiger partial charge in [-0.05, 0) is 42.1 Å². The number of anilines is 1. The largest absolute Gasteiger partial charge is 0.465 e. The third-order valence-electron chi connectivity index (χ3n) is 3.65. The van der Waals surface area contributed by atoms with Crippen molar-refractivity contribution in [3.05, 3.63) is 57.8 Å². The van der Waals surface area contributed by atoms with Crippen LogP contribution in [0.3, 0.4) is 0 Å². The molecule has 28 heavy (non-hydrogen) atoms. The van der Waals surface area contributed by atoms with Gasteiger partial charge in [0.15, 0.2) is 0 Å². The van der Waals surface area contributed by atoms with Crippen molar-refractivity contribution in [2.24, 2.45) is 0 Å². The van der Waals surface area contributed by atoms with Crippen LogP contribution in [-0.4, -0.2) is 41.6 Å². The van der Waals surface area contributed by atoms with E-state index >= 15 is 0 Å². The standard InChI is InChI=1S/C18H13ClN2O6S/c1-26-17(24)12-7-10(4-5-13(12)19)20-15(22)9-21-16(23)14(28-18(21)25)8-11-3-2-6-27-11/h2-8H,9H2,1H3,(H,20,22)/b14-8-. The van der Waals surface area contributed by atoms with E-state index in [4.69, 9.17) is 16.0 Å². The van der Waals surface area contributed by atoms with Gasteiger partial charge in [0.05, 0.1) is 28.9 Å². The SMILES string of the molecule is COC(=O)c1cc(NC(=O)CN2C(=O)S/C(=C\c3ccco3)C2=O)ccc1Cl. The number of nitrogens with one attached hydrogen (secondary N) is 1. The van der Waals surface area contributed by atoms with Gasteiger partial charge in [0.25, 0.3) is 11.1 Å². The Kier molecular flexibility index (Phi) is 5.86. The number of imide groups is 1. The maximum Gasteiger partial charge on any atom is 0.339 e. The van der Waals surface area contributed by atoms with E-state index in [9.17, 15) is 19.2 Å². The van der Waals surface area contributed by atoms with E-state index in [1.54, 1.807) is 12.1 Å². The van der Waals surface area contributed by atoms with Crippen LogP contribution in [0.25, 0.3) is 6.08 Å². The zero-order valence-electron chi connectivity index (χ0n) is 14.4. The van der Waals surface area contributed by atoms with Crippen molar-refractivity contribution in [2.75, 3.05) is 19.0 Å². The molecule has 10 heteroatoms. The van der Waals surface area contributed by atoms with Crippen molar-refractivity contribution in [1.29, 1.82) is 0 Å². The Morgan fingerprint density at radius 3 is 2.79 bits per heavy atom. The molecule has 0 bridgehead atoms. The fourth-order valence-electron chi connectivity index (χ4n) is 2.35. The van der Waals surface area contributed by atoms with Gasteiger partial charge in [-0.15, -0.1) is 0 Å². The maximum absolute atomic E-state index is 12.4. The Morgan fingerprint density at radius 1 is 1.32 bits per heavy atom. The summed E-state index contributed by atoms with van der Waals surface area (Å²) in [4.78, 5) is 49.4. The van der Waals surface area contributed by atoms with Crippen LogP contribution in [0.4, 0.5) is 10.5 Å². The monoisotopic (exact) mass is 420 g/mol. The molecule has 0 atom stereocenters. The van der Waals surface area contributed by atoms with Crippen LogP contribution < -0.4 is 5.32 Å². The van der Waals surface area contributed by atoms with Crippen molar-refractivity contribution in [3.8, 4) is 0 Å². The number of hydrogen-bond acceptors (Lipinski definition) is 7. The van der Waals surface area contributed by atoms with Gasteiger partial charge >= 0.3 is 5.97 Å². The number of rotatable bonds is 5. The zero-order valence-corrected chi connectivity index (χ0v) is 16.0. The first-order valence-corrected chi connectivity index (χ1v) is 9.05. The van der Waals surface area contributed by atoms with Crippen molar-refractivity contribution in [2.45, 2.75) is 0 Å². The van der Waals surface area contributed by atoms with Crippen molar-refractivity contribution >= 4 is 58.1 Å². The average molecular weight is 421 g/mol. The summed E-state index contributed by atoms with van der Waals surface area (Å²) < 4.78 is 9.74. The van der Waals surface area contributed by atoms with Crippen LogP contribution in [0.1, 0.15) is 16.1 Å². The van der Waals surface area contributed by atoms with Gasteiger partial charge in [-0.1, -0.05) is 11.6 Å². The molecule has 1 aliphatic heterocycles. The number of methoxy groups -OCH3 is 1. The molecule has 1 aromatic carbocycles. The molecule has 1 saturated heterocycles. The molecule has 2 aromatic rings. The van der Waals surface area contributed by atoms with Gasteiger partial charge in [0.1, 0.15) is 12.3 Å². The number of hydrogen-bond donors (Lipinski definition) is 1. The molecule has 144 valence electrons. The number of carbonyl (C=O) groups excluding carboxylic acids is 4. The first-order chi connectivity index (χ1) is 13.4. The second kappa shape index (κ2) is 8.32. The highest BCUT2D eigenvalue weighted by atomic mass is 35.5. The quantitative estimate of drug-likeness (QED) is 0.583. The van der Waals surface area contributed by atoms with Crippen molar-refractivity contribution in [1.82, 2.24) is 4.90 Å². The molecule has 0 saturated carbocycles. The minimum atomic E-state index is -0.657. The van der Waals surface area contributed by atoms with Gasteiger partial charge in [-0.25, -0.2) is 4.79 Å². The summed E-state index contributed by atoms with van der Waals surface area (Å²) in [5, 5.41) is 2.12. The molecule has 1 N–H and O–H groups in total. The maximum atomic E-state index is 12.4. The summed E-state index contributed by atoms with van der Waals surface area (Å²) in [7, 11) is 1.21. The Bertz CT molecular complexity index is 986. The number of benzene rings is 1. The highest BCUT2D eigenvalue weighted by Crippen LogP contribution is 2.32. The Hall–Kier alpha value is -3.04. The van der Waals surface area contributed by atoms with Gasteiger partial charge in [0, 0.05) is 11.8 Å². The molecule has 3 rings (SSSR count). The summed E-state index contributed by atoms with van der Waals surface area (Å²) in [5.41, 5.74) is 0.349. The summed E-state index contributed by atoms with van der Waals surface area (Å²) in [5.74, 6) is -1.44. The van der Waals surface area contributed by atoms with E-state index in [1.807, 2.05) is 0 Å². The second-order valence-corrected chi connectivity index (χ2v) is 6.92. The lowest BCUT2D eigenvalue weighted by atomic mass is 10.2. The highest BCUT2D eigenvalue weighted by molar-refractivity contribution is 8.18. The Morgan fingerprint density at radius 2 is 2.11 bits per heavy atom. The number of ether oxygens (including phenoxy) is 1. The van der Waals surface area contributed by atoms with Crippen molar-refractivity contribution in [3.63, 3.8) is 0 Å². The van der Waals surface area contributed by atoms with E-state index in [1.165, 1.54) is 37.6 Å². The number of carbonyl (C=O) groups is 4.